The van der Waals surface area contributed by atoms with Gasteiger partial charge in [-0.25, -0.2) is 14.4 Å². The van der Waals surface area contributed by atoms with Gasteiger partial charge in [0.05, 0.1) is 18.4 Å². The molecule has 0 bridgehead atoms. The minimum Gasteiger partial charge on any atom is -0.486 e. The number of rotatable bonds is 7. The topological polar surface area (TPSA) is 74.7 Å². The van der Waals surface area contributed by atoms with Crippen LogP contribution in [0.2, 0.25) is 0 Å². The molecule has 32 heavy (non-hydrogen) atoms. The van der Waals surface area contributed by atoms with E-state index in [2.05, 4.69) is 37.4 Å². The molecule has 2 aromatic rings. The van der Waals surface area contributed by atoms with Gasteiger partial charge in [-0.1, -0.05) is 19.1 Å². The van der Waals surface area contributed by atoms with Gasteiger partial charge >= 0.3 is 0 Å². The van der Waals surface area contributed by atoms with Crippen LogP contribution in [-0.4, -0.2) is 49.0 Å². The Morgan fingerprint density at radius 2 is 2.03 bits per heavy atom. The van der Waals surface area contributed by atoms with Gasteiger partial charge in [-0.15, -0.1) is 0 Å². The third kappa shape index (κ3) is 5.07. The smallest absolute Gasteiger partial charge is 0.225 e. The van der Waals surface area contributed by atoms with E-state index in [4.69, 9.17) is 4.74 Å². The number of piperidine rings is 1. The van der Waals surface area contributed by atoms with Crippen molar-refractivity contribution in [1.29, 1.82) is 0 Å². The second-order valence-electron chi connectivity index (χ2n) is 8.23. The van der Waals surface area contributed by atoms with Gasteiger partial charge in [-0.05, 0) is 38.3 Å². The van der Waals surface area contributed by atoms with Crippen LogP contribution in [0.5, 0.6) is 5.75 Å². The SMILES string of the molecule is CCC(CNC)Oc1cnc(N2CCC(C3N/C=C\N=Cc4cccc(F)c43)CC2)nc1. The Bertz CT molecular complexity index is 940. The van der Waals surface area contributed by atoms with Crippen LogP contribution in [0, 0.1) is 11.7 Å². The summed E-state index contributed by atoms with van der Waals surface area (Å²) in [7, 11) is 1.91. The Labute approximate surface area is 188 Å². The zero-order chi connectivity index (χ0) is 22.3. The number of ether oxygens (including phenoxy) is 1. The predicted octanol–water partition coefficient (Wildman–Crippen LogP) is 3.44. The molecule has 1 fully saturated rings. The van der Waals surface area contributed by atoms with Crippen LogP contribution in [-0.2, 0) is 0 Å². The van der Waals surface area contributed by atoms with E-state index in [9.17, 15) is 4.39 Å². The Hall–Kier alpha value is -3.00. The first-order valence-corrected chi connectivity index (χ1v) is 11.3. The van der Waals surface area contributed by atoms with E-state index in [1.165, 1.54) is 6.07 Å². The first-order chi connectivity index (χ1) is 15.7. The summed E-state index contributed by atoms with van der Waals surface area (Å²) in [6.07, 6.45) is 11.6. The first kappa shape index (κ1) is 22.2. The van der Waals surface area contributed by atoms with Crippen molar-refractivity contribution in [2.75, 3.05) is 31.6 Å². The van der Waals surface area contributed by atoms with Crippen molar-refractivity contribution in [3.8, 4) is 5.75 Å². The Morgan fingerprint density at radius 3 is 2.75 bits per heavy atom. The van der Waals surface area contributed by atoms with Gasteiger partial charge in [0.1, 0.15) is 11.9 Å². The van der Waals surface area contributed by atoms with E-state index in [1.54, 1.807) is 30.9 Å². The Balaban J connectivity index is 1.41. The summed E-state index contributed by atoms with van der Waals surface area (Å²) in [5.41, 5.74) is 1.53. The lowest BCUT2D eigenvalue weighted by Crippen LogP contribution is -2.39. The van der Waals surface area contributed by atoms with Gasteiger partial charge in [0, 0.05) is 49.4 Å². The lowest BCUT2D eigenvalue weighted by Gasteiger charge is -2.37. The second-order valence-corrected chi connectivity index (χ2v) is 8.23. The monoisotopic (exact) mass is 438 g/mol. The molecule has 4 rings (SSSR count). The zero-order valence-electron chi connectivity index (χ0n) is 18.7. The molecule has 8 heteroatoms. The number of nitrogens with zero attached hydrogens (tertiary/aromatic N) is 4. The summed E-state index contributed by atoms with van der Waals surface area (Å²) in [5.74, 6) is 1.51. The van der Waals surface area contributed by atoms with Crippen molar-refractivity contribution < 1.29 is 9.13 Å². The molecule has 1 aromatic heterocycles. The van der Waals surface area contributed by atoms with Gasteiger partial charge in [0.25, 0.3) is 0 Å². The van der Waals surface area contributed by atoms with Crippen LogP contribution in [0.4, 0.5) is 10.3 Å². The van der Waals surface area contributed by atoms with E-state index >= 15 is 0 Å². The predicted molar refractivity (Wildman–Crippen MR) is 125 cm³/mol. The third-order valence-corrected chi connectivity index (χ3v) is 6.15. The van der Waals surface area contributed by atoms with Gasteiger partial charge in [0.15, 0.2) is 5.75 Å². The second kappa shape index (κ2) is 10.5. The van der Waals surface area contributed by atoms with E-state index in [0.29, 0.717) is 23.2 Å². The Morgan fingerprint density at radius 1 is 1.25 bits per heavy atom. The third-order valence-electron chi connectivity index (χ3n) is 6.15. The number of likely N-dealkylation sites (N-methyl/N-ethyl adjacent to an activating group) is 1. The average Bonchev–Trinajstić information content (AvgIpc) is 2.80. The summed E-state index contributed by atoms with van der Waals surface area (Å²) >= 11 is 0. The number of aliphatic imine (C=N–C) groups is 1. The lowest BCUT2D eigenvalue weighted by atomic mass is 9.83. The van der Waals surface area contributed by atoms with Gasteiger partial charge in [0.2, 0.25) is 5.95 Å². The maximum Gasteiger partial charge on any atom is 0.225 e. The minimum atomic E-state index is -0.188. The number of aromatic nitrogens is 2. The number of anilines is 1. The van der Waals surface area contributed by atoms with Crippen LogP contribution in [0.25, 0.3) is 0 Å². The molecule has 0 spiro atoms. The maximum atomic E-state index is 14.8. The normalized spacial score (nSPS) is 20.6. The van der Waals surface area contributed by atoms with E-state index in [0.717, 1.165) is 44.5 Å². The van der Waals surface area contributed by atoms with Crippen LogP contribution in [0.1, 0.15) is 43.4 Å². The van der Waals surface area contributed by atoms with E-state index in [1.807, 2.05) is 19.3 Å². The van der Waals surface area contributed by atoms with Gasteiger partial charge in [-0.2, -0.15) is 0 Å². The molecular weight excluding hydrogens is 407 g/mol. The molecule has 2 N–H and O–H groups in total. The standard InChI is InChI=1S/C24H31FN6O/c1-3-19(14-26-2)32-20-15-29-24(30-16-20)31-11-7-17(8-12-31)23-22-18(5-4-6-21(22)25)13-27-9-10-28-23/h4-6,9-10,13,15-17,19,23,26,28H,3,7-8,11-12,14H2,1-2H3/b10-9-,27-13?. The molecule has 0 saturated carbocycles. The van der Waals surface area contributed by atoms with Crippen molar-refractivity contribution in [1.82, 2.24) is 20.6 Å². The number of halogens is 1. The van der Waals surface area contributed by atoms with Crippen LogP contribution in [0.3, 0.4) is 0 Å². The molecule has 2 unspecified atom stereocenters. The molecular formula is C24H31FN6O. The number of hydrogen-bond acceptors (Lipinski definition) is 7. The average molecular weight is 439 g/mol. The molecule has 2 atom stereocenters. The van der Waals surface area contributed by atoms with Gasteiger partial charge in [-0.3, -0.25) is 4.99 Å². The summed E-state index contributed by atoms with van der Waals surface area (Å²) in [5, 5.41) is 6.51. The molecule has 0 amide bonds. The fourth-order valence-corrected chi connectivity index (χ4v) is 4.42. The van der Waals surface area contributed by atoms with Crippen molar-refractivity contribution in [2.45, 2.75) is 38.3 Å². The lowest BCUT2D eigenvalue weighted by molar-refractivity contribution is 0.195. The molecule has 1 aromatic carbocycles. The maximum absolute atomic E-state index is 14.8. The zero-order valence-corrected chi connectivity index (χ0v) is 18.7. The first-order valence-electron chi connectivity index (χ1n) is 11.3. The van der Waals surface area contributed by atoms with Crippen LogP contribution in [0.15, 0.2) is 48.0 Å². The molecule has 2 aliphatic heterocycles. The van der Waals surface area contributed by atoms with Crippen molar-refractivity contribution in [3.63, 3.8) is 0 Å². The number of nitrogens with one attached hydrogen (secondary N) is 2. The van der Waals surface area contributed by atoms with Crippen molar-refractivity contribution in [2.24, 2.45) is 10.9 Å². The molecule has 7 nitrogen and oxygen atoms in total. The van der Waals surface area contributed by atoms with Gasteiger partial charge < -0.3 is 20.3 Å². The number of fused-ring (bicyclic) bond motifs is 1. The van der Waals surface area contributed by atoms with Crippen molar-refractivity contribution in [3.05, 3.63) is 59.9 Å². The van der Waals surface area contributed by atoms with Crippen molar-refractivity contribution >= 4 is 12.2 Å². The highest BCUT2D eigenvalue weighted by atomic mass is 19.1. The van der Waals surface area contributed by atoms with Crippen LogP contribution < -0.4 is 20.3 Å². The Kier molecular flexibility index (Phi) is 7.32. The molecule has 1 saturated heterocycles. The van der Waals surface area contributed by atoms with E-state index < -0.39 is 0 Å². The fourth-order valence-electron chi connectivity index (χ4n) is 4.42. The molecule has 3 heterocycles. The number of hydrogen-bond donors (Lipinski definition) is 2. The molecule has 170 valence electrons. The summed E-state index contributed by atoms with van der Waals surface area (Å²) in [6, 6.07) is 5.09. The summed E-state index contributed by atoms with van der Waals surface area (Å²) < 4.78 is 20.7. The molecule has 0 aliphatic carbocycles. The highest BCUT2D eigenvalue weighted by Crippen LogP contribution is 2.35. The fraction of sp³-hybridized carbons (Fsp3) is 0.458. The number of benzene rings is 1. The molecule has 0 radical (unpaired) electrons. The summed E-state index contributed by atoms with van der Waals surface area (Å²) in [4.78, 5) is 15.5. The highest BCUT2D eigenvalue weighted by Gasteiger charge is 2.31. The van der Waals surface area contributed by atoms with E-state index in [-0.39, 0.29) is 18.0 Å². The summed E-state index contributed by atoms with van der Waals surface area (Å²) in [6.45, 7) is 4.52. The largest absolute Gasteiger partial charge is 0.486 e. The highest BCUT2D eigenvalue weighted by molar-refractivity contribution is 5.82. The molecule has 2 aliphatic rings. The van der Waals surface area contributed by atoms with Crippen LogP contribution >= 0.6 is 0 Å². The quantitative estimate of drug-likeness (QED) is 0.690. The minimum absolute atomic E-state index is 0.0915.